The number of rotatable bonds is 3. The summed E-state index contributed by atoms with van der Waals surface area (Å²) in [4.78, 5) is 11.7. The van der Waals surface area contributed by atoms with E-state index >= 15 is 0 Å². The Morgan fingerprint density at radius 2 is 2.00 bits per heavy atom. The Morgan fingerprint density at radius 3 is 2.68 bits per heavy atom. The van der Waals surface area contributed by atoms with Gasteiger partial charge in [-0.25, -0.2) is 0 Å². The van der Waals surface area contributed by atoms with Gasteiger partial charge in [0.15, 0.2) is 5.11 Å². The second kappa shape index (κ2) is 6.48. The molecule has 118 valence electrons. The fourth-order valence-corrected chi connectivity index (χ4v) is 2.76. The van der Waals surface area contributed by atoms with E-state index in [4.69, 9.17) is 12.2 Å². The predicted molar refractivity (Wildman–Crippen MR) is 94.5 cm³/mol. The third-order valence-electron chi connectivity index (χ3n) is 3.58. The van der Waals surface area contributed by atoms with Gasteiger partial charge in [-0.1, -0.05) is 32.1 Å². The molecule has 0 saturated carbocycles. The number of allylic oxidation sites excluding steroid dienone is 2. The van der Waals surface area contributed by atoms with Gasteiger partial charge in [0, 0.05) is 24.2 Å². The minimum Gasteiger partial charge on any atom is -0.331 e. The molecule has 0 aromatic heterocycles. The number of carbonyl (C=O) groups is 1. The van der Waals surface area contributed by atoms with Gasteiger partial charge in [0.1, 0.15) is 5.78 Å². The van der Waals surface area contributed by atoms with Gasteiger partial charge in [-0.2, -0.15) is 0 Å². The summed E-state index contributed by atoms with van der Waals surface area (Å²) in [6, 6.07) is 6.17. The van der Waals surface area contributed by atoms with Crippen molar-refractivity contribution in [1.29, 1.82) is 0 Å². The number of nitrogens with one attached hydrogen (secondary N) is 3. The molecule has 0 saturated heterocycles. The molecule has 1 aromatic rings. The minimum absolute atomic E-state index is 0.110. The van der Waals surface area contributed by atoms with Crippen LogP contribution in [0.25, 0.3) is 0 Å². The molecule has 0 atom stereocenters. The first-order valence-corrected chi connectivity index (χ1v) is 7.80. The lowest BCUT2D eigenvalue weighted by Gasteiger charge is -2.27. The molecule has 0 bridgehead atoms. The molecule has 1 aliphatic carbocycles. The van der Waals surface area contributed by atoms with E-state index in [2.05, 4.69) is 54.3 Å². The lowest BCUT2D eigenvalue weighted by molar-refractivity contribution is -0.120. The Morgan fingerprint density at radius 1 is 1.27 bits per heavy atom. The van der Waals surface area contributed by atoms with E-state index in [1.54, 1.807) is 0 Å². The van der Waals surface area contributed by atoms with E-state index in [9.17, 15) is 4.79 Å². The van der Waals surface area contributed by atoms with Gasteiger partial charge in [-0.15, -0.1) is 0 Å². The van der Waals surface area contributed by atoms with Gasteiger partial charge in [0.2, 0.25) is 0 Å². The number of hydrazine groups is 1. The highest BCUT2D eigenvalue weighted by molar-refractivity contribution is 7.80. The van der Waals surface area contributed by atoms with Gasteiger partial charge in [0.05, 0.1) is 0 Å². The van der Waals surface area contributed by atoms with Crippen LogP contribution in [0, 0.1) is 19.3 Å². The van der Waals surface area contributed by atoms with Crippen molar-refractivity contribution >= 4 is 28.8 Å². The van der Waals surface area contributed by atoms with Crippen molar-refractivity contribution < 1.29 is 4.79 Å². The number of benzene rings is 1. The van der Waals surface area contributed by atoms with Crippen LogP contribution in [0.2, 0.25) is 0 Å². The molecule has 1 aliphatic rings. The van der Waals surface area contributed by atoms with Crippen LogP contribution in [0.5, 0.6) is 0 Å². The summed E-state index contributed by atoms with van der Waals surface area (Å²) in [7, 11) is 0. The van der Waals surface area contributed by atoms with E-state index in [0.717, 1.165) is 16.9 Å². The number of ketones is 1. The molecule has 0 heterocycles. The Balaban J connectivity index is 1.94. The van der Waals surface area contributed by atoms with Crippen LogP contribution in [-0.4, -0.2) is 10.9 Å². The lowest BCUT2D eigenvalue weighted by Crippen LogP contribution is -2.41. The van der Waals surface area contributed by atoms with Gasteiger partial charge >= 0.3 is 0 Å². The zero-order chi connectivity index (χ0) is 16.3. The normalized spacial score (nSPS) is 16.7. The summed E-state index contributed by atoms with van der Waals surface area (Å²) in [6.45, 7) is 8.18. The maximum atomic E-state index is 11.7. The maximum absolute atomic E-state index is 11.7. The molecule has 4 nitrogen and oxygen atoms in total. The molecular formula is C17H23N3OS. The maximum Gasteiger partial charge on any atom is 0.189 e. The summed E-state index contributed by atoms with van der Waals surface area (Å²) < 4.78 is 0. The number of aryl methyl sites for hydroxylation is 2. The van der Waals surface area contributed by atoms with Crippen LogP contribution in [0.4, 0.5) is 5.69 Å². The first-order chi connectivity index (χ1) is 10.2. The zero-order valence-corrected chi connectivity index (χ0v) is 14.4. The highest BCUT2D eigenvalue weighted by Gasteiger charge is 2.26. The van der Waals surface area contributed by atoms with Gasteiger partial charge in [0.25, 0.3) is 0 Å². The minimum atomic E-state index is -0.110. The van der Waals surface area contributed by atoms with Crippen molar-refractivity contribution in [3.8, 4) is 0 Å². The largest absolute Gasteiger partial charge is 0.331 e. The third kappa shape index (κ3) is 4.56. The first kappa shape index (κ1) is 16.5. The van der Waals surface area contributed by atoms with E-state index < -0.39 is 0 Å². The number of hydrogen-bond acceptors (Lipinski definition) is 3. The number of carbonyl (C=O) groups excluding carboxylic acids is 1. The molecule has 0 aliphatic heterocycles. The Bertz CT molecular complexity index is 635. The molecule has 0 unspecified atom stereocenters. The van der Waals surface area contributed by atoms with Crippen molar-refractivity contribution in [2.75, 3.05) is 5.32 Å². The van der Waals surface area contributed by atoms with Crippen LogP contribution in [0.1, 0.15) is 37.8 Å². The van der Waals surface area contributed by atoms with Crippen LogP contribution in [-0.2, 0) is 4.79 Å². The second-order valence-corrected chi connectivity index (χ2v) is 6.98. The van der Waals surface area contributed by atoms with Crippen molar-refractivity contribution in [3.05, 3.63) is 41.1 Å². The van der Waals surface area contributed by atoms with Gasteiger partial charge in [-0.05, 0) is 48.7 Å². The summed E-state index contributed by atoms with van der Waals surface area (Å²) in [5.74, 6) is 0.241. The van der Waals surface area contributed by atoms with E-state index in [-0.39, 0.29) is 11.2 Å². The van der Waals surface area contributed by atoms with Gasteiger partial charge in [-0.3, -0.25) is 10.2 Å². The molecule has 1 aromatic carbocycles. The smallest absolute Gasteiger partial charge is 0.189 e. The average molecular weight is 317 g/mol. The number of anilines is 1. The monoisotopic (exact) mass is 317 g/mol. The SMILES string of the molecule is Cc1ccc(C)c(NC(=S)NNC2=CC(C)(C)CC(=O)C2)c1. The molecule has 22 heavy (non-hydrogen) atoms. The highest BCUT2D eigenvalue weighted by atomic mass is 32.1. The number of thiocarbonyl (C=S) groups is 1. The number of hydrogen-bond donors (Lipinski definition) is 3. The fourth-order valence-electron chi connectivity index (χ4n) is 2.60. The molecule has 0 fully saturated rings. The summed E-state index contributed by atoms with van der Waals surface area (Å²) in [5.41, 5.74) is 10.0. The first-order valence-electron chi connectivity index (χ1n) is 7.39. The third-order valence-corrected chi connectivity index (χ3v) is 3.79. The predicted octanol–water partition coefficient (Wildman–Crippen LogP) is 3.37. The van der Waals surface area contributed by atoms with Gasteiger partial charge < -0.3 is 10.7 Å². The molecule has 0 amide bonds. The summed E-state index contributed by atoms with van der Waals surface area (Å²) in [5, 5.41) is 3.65. The van der Waals surface area contributed by atoms with Crippen LogP contribution in [0.15, 0.2) is 30.0 Å². The Hall–Kier alpha value is -1.88. The van der Waals surface area contributed by atoms with E-state index in [1.807, 2.05) is 13.8 Å². The Labute approximate surface area is 137 Å². The summed E-state index contributed by atoms with van der Waals surface area (Å²) >= 11 is 5.30. The van der Waals surface area contributed by atoms with Crippen molar-refractivity contribution in [2.24, 2.45) is 5.41 Å². The average Bonchev–Trinajstić information content (AvgIpc) is 2.38. The second-order valence-electron chi connectivity index (χ2n) is 6.57. The standard InChI is InChI=1S/C17H23N3OS/c1-11-5-6-12(2)15(7-11)18-16(22)20-19-13-8-14(21)10-17(3,4)9-13/h5-7,9,19H,8,10H2,1-4H3,(H2,18,20,22). The topological polar surface area (TPSA) is 53.2 Å². The molecule has 2 rings (SSSR count). The fraction of sp³-hybridized carbons (Fsp3) is 0.412. The Kier molecular flexibility index (Phi) is 4.86. The van der Waals surface area contributed by atoms with Crippen molar-refractivity contribution in [1.82, 2.24) is 10.9 Å². The molecular weight excluding hydrogens is 294 g/mol. The molecule has 0 spiro atoms. The molecule has 0 radical (unpaired) electrons. The van der Waals surface area contributed by atoms with Crippen LogP contribution >= 0.6 is 12.2 Å². The molecule has 3 N–H and O–H groups in total. The number of Topliss-reactive ketones (excluding diaryl/α,β-unsaturated/α-hetero) is 1. The molecule has 5 heteroatoms. The van der Waals surface area contributed by atoms with Crippen molar-refractivity contribution in [3.63, 3.8) is 0 Å². The van der Waals surface area contributed by atoms with Crippen LogP contribution in [0.3, 0.4) is 0 Å². The lowest BCUT2D eigenvalue weighted by atomic mass is 9.81. The quantitative estimate of drug-likeness (QED) is 0.589. The summed E-state index contributed by atoms with van der Waals surface area (Å²) in [6.07, 6.45) is 3.09. The highest BCUT2D eigenvalue weighted by Crippen LogP contribution is 2.29. The van der Waals surface area contributed by atoms with Crippen LogP contribution < -0.4 is 16.2 Å². The van der Waals surface area contributed by atoms with E-state index in [1.165, 1.54) is 5.56 Å². The zero-order valence-electron chi connectivity index (χ0n) is 13.5. The van der Waals surface area contributed by atoms with Crippen molar-refractivity contribution in [2.45, 2.75) is 40.5 Å². The van der Waals surface area contributed by atoms with E-state index in [0.29, 0.717) is 18.0 Å².